The van der Waals surface area contributed by atoms with Crippen molar-refractivity contribution < 1.29 is 63.5 Å². The number of nitrogens with one attached hydrogen (secondary N) is 4. The highest BCUT2D eigenvalue weighted by Gasteiger charge is 2.32. The van der Waals surface area contributed by atoms with E-state index in [1.165, 1.54) is 6.07 Å². The van der Waals surface area contributed by atoms with Gasteiger partial charge in [-0.05, 0) is 16.4 Å². The maximum absolute atomic E-state index is 12.7. The lowest BCUT2D eigenvalue weighted by atomic mass is 10.1. The second-order valence-corrected chi connectivity index (χ2v) is 8.08. The molecule has 41 heavy (non-hydrogen) atoms. The van der Waals surface area contributed by atoms with Crippen molar-refractivity contribution in [3.63, 3.8) is 0 Å². The first-order valence-electron chi connectivity index (χ1n) is 11.1. The molecule has 1 heterocycles. The van der Waals surface area contributed by atoms with E-state index in [1.807, 2.05) is 5.32 Å². The van der Waals surface area contributed by atoms with Crippen molar-refractivity contribution in [2.75, 3.05) is 11.9 Å². The molecule has 0 unspecified atom stereocenters. The van der Waals surface area contributed by atoms with Gasteiger partial charge in [-0.3, -0.25) is 38.9 Å². The molecule has 0 radical (unpaired) electrons. The van der Waals surface area contributed by atoms with Crippen molar-refractivity contribution in [2.24, 2.45) is 0 Å². The lowest BCUT2D eigenvalue weighted by Gasteiger charge is -2.23. The smallest absolute Gasteiger partial charge is 0.326 e. The van der Waals surface area contributed by atoms with Gasteiger partial charge in [0, 0.05) is 6.07 Å². The van der Waals surface area contributed by atoms with Crippen LogP contribution in [0.4, 0.5) is 11.4 Å². The Morgan fingerprint density at radius 3 is 1.78 bits per heavy atom. The SMILES string of the molecule is O=C(O)C[C@H](NC(=O)[C@H](CC(=O)O)NC(=O)[C@H](CC(=O)O)NC(=O)CNc1ccc([N+](=O)[O-])c2nonc12)C(=O)O. The number of amides is 3. The summed E-state index contributed by atoms with van der Waals surface area (Å²) in [6.07, 6.45) is -3.23. The number of rotatable bonds is 16. The second kappa shape index (κ2) is 13.8. The number of carbonyl (C=O) groups excluding carboxylic acids is 3. The summed E-state index contributed by atoms with van der Waals surface area (Å²) in [5.41, 5.74) is -0.738. The molecular formula is C20H21N7O14. The van der Waals surface area contributed by atoms with Crippen LogP contribution >= 0.6 is 0 Å². The van der Waals surface area contributed by atoms with Gasteiger partial charge >= 0.3 is 29.6 Å². The molecule has 21 nitrogen and oxygen atoms in total. The first-order valence-corrected chi connectivity index (χ1v) is 11.1. The summed E-state index contributed by atoms with van der Waals surface area (Å²) >= 11 is 0. The van der Waals surface area contributed by atoms with E-state index >= 15 is 0 Å². The highest BCUT2D eigenvalue weighted by atomic mass is 16.6. The number of anilines is 1. The number of carboxylic acids is 4. The normalized spacial score (nSPS) is 12.8. The Balaban J connectivity index is 2.14. The van der Waals surface area contributed by atoms with E-state index in [1.54, 1.807) is 5.32 Å². The van der Waals surface area contributed by atoms with E-state index in [0.29, 0.717) is 0 Å². The minimum absolute atomic E-state index is 0.0498. The molecule has 0 bridgehead atoms. The summed E-state index contributed by atoms with van der Waals surface area (Å²) in [5.74, 6) is -10.3. The zero-order valence-corrected chi connectivity index (χ0v) is 20.4. The molecule has 0 aliphatic heterocycles. The number of hydrogen-bond donors (Lipinski definition) is 8. The Morgan fingerprint density at radius 2 is 1.27 bits per heavy atom. The van der Waals surface area contributed by atoms with Crippen molar-refractivity contribution in [3.05, 3.63) is 22.2 Å². The van der Waals surface area contributed by atoms with Gasteiger partial charge in [0.1, 0.15) is 18.1 Å². The maximum atomic E-state index is 12.7. The van der Waals surface area contributed by atoms with Gasteiger partial charge in [-0.1, -0.05) is 0 Å². The van der Waals surface area contributed by atoms with E-state index in [0.717, 1.165) is 6.07 Å². The number of nitrogens with zero attached hydrogens (tertiary/aromatic N) is 3. The Labute approximate surface area is 226 Å². The average molecular weight is 583 g/mol. The van der Waals surface area contributed by atoms with Crippen LogP contribution in [0.3, 0.4) is 0 Å². The van der Waals surface area contributed by atoms with Crippen LogP contribution in [0.2, 0.25) is 0 Å². The molecule has 2 rings (SSSR count). The molecule has 1 aromatic carbocycles. The van der Waals surface area contributed by atoms with Crippen LogP contribution in [-0.4, -0.2) is 102 Å². The van der Waals surface area contributed by atoms with Crippen LogP contribution in [0, 0.1) is 10.1 Å². The summed E-state index contributed by atoms with van der Waals surface area (Å²) in [6.45, 7) is -0.641. The number of fused-ring (bicyclic) bond motifs is 1. The zero-order chi connectivity index (χ0) is 30.9. The van der Waals surface area contributed by atoms with Gasteiger partial charge in [-0.15, -0.1) is 0 Å². The summed E-state index contributed by atoms with van der Waals surface area (Å²) in [7, 11) is 0. The highest BCUT2D eigenvalue weighted by Crippen LogP contribution is 2.28. The molecule has 0 fully saturated rings. The Morgan fingerprint density at radius 1 is 0.780 bits per heavy atom. The summed E-state index contributed by atoms with van der Waals surface area (Å²) in [5, 5.41) is 62.4. The molecule has 3 amide bonds. The second-order valence-electron chi connectivity index (χ2n) is 8.08. The molecule has 1 aromatic heterocycles. The molecular weight excluding hydrogens is 562 g/mol. The third-order valence-electron chi connectivity index (χ3n) is 5.07. The predicted octanol–water partition coefficient (Wildman–Crippen LogP) is -2.49. The Kier molecular flexibility index (Phi) is 10.5. The number of aliphatic carboxylic acids is 4. The molecule has 3 atom stereocenters. The van der Waals surface area contributed by atoms with E-state index in [9.17, 15) is 43.7 Å². The van der Waals surface area contributed by atoms with E-state index in [2.05, 4.69) is 25.6 Å². The number of nitro groups is 1. The van der Waals surface area contributed by atoms with Crippen molar-refractivity contribution in [1.29, 1.82) is 0 Å². The summed E-state index contributed by atoms with van der Waals surface area (Å²) in [4.78, 5) is 92.5. The fourth-order valence-corrected chi connectivity index (χ4v) is 3.25. The molecule has 8 N–H and O–H groups in total. The minimum Gasteiger partial charge on any atom is -0.481 e. The Hall–Kier alpha value is -5.89. The van der Waals surface area contributed by atoms with Gasteiger partial charge in [0.05, 0.1) is 36.4 Å². The van der Waals surface area contributed by atoms with Crippen LogP contribution in [0.1, 0.15) is 19.3 Å². The van der Waals surface area contributed by atoms with Crippen LogP contribution in [0.5, 0.6) is 0 Å². The molecule has 0 saturated heterocycles. The van der Waals surface area contributed by atoms with Gasteiger partial charge in [-0.2, -0.15) is 0 Å². The maximum Gasteiger partial charge on any atom is 0.326 e. The van der Waals surface area contributed by atoms with Gasteiger partial charge < -0.3 is 41.7 Å². The fraction of sp³-hybridized carbons (Fsp3) is 0.350. The largest absolute Gasteiger partial charge is 0.481 e. The van der Waals surface area contributed by atoms with Gasteiger partial charge in [0.25, 0.3) is 0 Å². The molecule has 0 aliphatic carbocycles. The number of non-ortho nitro benzene ring substituents is 1. The third kappa shape index (κ3) is 9.12. The predicted molar refractivity (Wildman–Crippen MR) is 127 cm³/mol. The highest BCUT2D eigenvalue weighted by molar-refractivity contribution is 5.98. The van der Waals surface area contributed by atoms with Crippen LogP contribution in [-0.2, 0) is 33.6 Å². The molecule has 0 saturated carbocycles. The van der Waals surface area contributed by atoms with Crippen molar-refractivity contribution >= 4 is 64.0 Å². The number of hydrogen-bond acceptors (Lipinski definition) is 13. The zero-order valence-electron chi connectivity index (χ0n) is 20.4. The van der Waals surface area contributed by atoms with Gasteiger partial charge in [0.15, 0.2) is 5.52 Å². The van der Waals surface area contributed by atoms with Gasteiger partial charge in [0.2, 0.25) is 23.2 Å². The average Bonchev–Trinajstić information content (AvgIpc) is 3.35. The number of nitro benzene ring substituents is 1. The molecule has 2 aromatic rings. The lowest BCUT2D eigenvalue weighted by Crippen LogP contribution is -2.57. The number of benzene rings is 1. The topological polar surface area (TPSA) is 331 Å². The van der Waals surface area contributed by atoms with Crippen molar-refractivity contribution in [3.8, 4) is 0 Å². The molecule has 0 aliphatic rings. The van der Waals surface area contributed by atoms with E-state index in [4.69, 9.17) is 20.4 Å². The third-order valence-corrected chi connectivity index (χ3v) is 5.07. The molecule has 220 valence electrons. The van der Waals surface area contributed by atoms with Crippen LogP contribution in [0.15, 0.2) is 16.8 Å². The molecule has 21 heteroatoms. The first kappa shape index (κ1) is 31.3. The lowest BCUT2D eigenvalue weighted by molar-refractivity contribution is -0.383. The number of carbonyl (C=O) groups is 7. The van der Waals surface area contributed by atoms with Crippen molar-refractivity contribution in [1.82, 2.24) is 26.3 Å². The quantitative estimate of drug-likeness (QED) is 0.0747. The minimum atomic E-state index is -1.99. The van der Waals surface area contributed by atoms with Crippen LogP contribution < -0.4 is 21.3 Å². The van der Waals surface area contributed by atoms with E-state index in [-0.39, 0.29) is 16.7 Å². The van der Waals surface area contributed by atoms with Crippen LogP contribution in [0.25, 0.3) is 11.0 Å². The molecule has 0 spiro atoms. The standard InChI is InChI=1S/C20H21N7O14/c28-12(6-21-7-1-2-11(27(39)40)17-16(7)25-41-26-17)22-8(3-13(29)30)18(35)23-9(4-14(31)32)19(36)24-10(20(37)38)5-15(33)34/h1-2,8-10,21H,3-6H2,(H,22,28)(H,23,35)(H,24,36)(H,29,30)(H,31,32)(H,33,34)(H,37,38)/t8-,9-,10-/m0/s1. The van der Waals surface area contributed by atoms with Crippen molar-refractivity contribution in [2.45, 2.75) is 37.4 Å². The Bertz CT molecular complexity index is 1390. The number of aromatic nitrogens is 2. The fourth-order valence-electron chi connectivity index (χ4n) is 3.25. The first-order chi connectivity index (χ1) is 19.2. The van der Waals surface area contributed by atoms with Gasteiger partial charge in [-0.25, -0.2) is 9.42 Å². The van der Waals surface area contributed by atoms with E-state index < -0.39 is 96.1 Å². The number of carboxylic acid groups (broad SMARTS) is 4. The summed E-state index contributed by atoms with van der Waals surface area (Å²) < 4.78 is 4.48. The summed E-state index contributed by atoms with van der Waals surface area (Å²) in [6, 6.07) is -3.61. The monoisotopic (exact) mass is 583 g/mol.